The van der Waals surface area contributed by atoms with Crippen LogP contribution in [-0.2, 0) is 16.0 Å². The van der Waals surface area contributed by atoms with Gasteiger partial charge in [0.1, 0.15) is 0 Å². The van der Waals surface area contributed by atoms with Crippen LogP contribution in [0.4, 0.5) is 5.69 Å². The monoisotopic (exact) mass is 345 g/mol. The van der Waals surface area contributed by atoms with Crippen molar-refractivity contribution in [2.45, 2.75) is 59.0 Å². The molecule has 0 aliphatic carbocycles. The number of hydrogen-bond donors (Lipinski definition) is 1. The van der Waals surface area contributed by atoms with Crippen LogP contribution in [0.5, 0.6) is 0 Å². The summed E-state index contributed by atoms with van der Waals surface area (Å²) in [7, 11) is 0. The molecule has 0 unspecified atom stereocenters. The second-order valence-electron chi connectivity index (χ2n) is 7.27. The van der Waals surface area contributed by atoms with Gasteiger partial charge < -0.3 is 10.2 Å². The largest absolute Gasteiger partial charge is 0.355 e. The van der Waals surface area contributed by atoms with Crippen LogP contribution < -0.4 is 10.2 Å². The van der Waals surface area contributed by atoms with E-state index in [1.54, 1.807) is 0 Å². The van der Waals surface area contributed by atoms with E-state index in [2.05, 4.69) is 37.9 Å². The van der Waals surface area contributed by atoms with Gasteiger partial charge in [-0.25, -0.2) is 0 Å². The fraction of sp³-hybridized carbons (Fsp3) is 0.600. The summed E-state index contributed by atoms with van der Waals surface area (Å²) in [5, 5.41) is 3.00. The van der Waals surface area contributed by atoms with Crippen molar-refractivity contribution in [1.29, 1.82) is 0 Å². The van der Waals surface area contributed by atoms with Gasteiger partial charge >= 0.3 is 0 Å². The lowest BCUT2D eigenvalue weighted by Crippen LogP contribution is -2.42. The highest BCUT2D eigenvalue weighted by atomic mass is 16.2. The predicted molar refractivity (Wildman–Crippen MR) is 102 cm³/mol. The number of amides is 2. The summed E-state index contributed by atoms with van der Waals surface area (Å²) in [5.41, 5.74) is 1.90. The Morgan fingerprint density at radius 3 is 2.32 bits per heavy atom. The SMILES string of the molecule is CC(C)N(CCNC(=O)Cc1ccc(N2CCCC2=O)cc1)C(C)C. The van der Waals surface area contributed by atoms with Crippen LogP contribution in [0.3, 0.4) is 0 Å². The van der Waals surface area contributed by atoms with E-state index < -0.39 is 0 Å². The lowest BCUT2D eigenvalue weighted by Gasteiger charge is -2.30. The average molecular weight is 345 g/mol. The molecular weight excluding hydrogens is 314 g/mol. The van der Waals surface area contributed by atoms with E-state index >= 15 is 0 Å². The van der Waals surface area contributed by atoms with Gasteiger partial charge in [-0.2, -0.15) is 0 Å². The van der Waals surface area contributed by atoms with Crippen LogP contribution in [0.1, 0.15) is 46.1 Å². The Morgan fingerprint density at radius 1 is 1.16 bits per heavy atom. The van der Waals surface area contributed by atoms with Gasteiger partial charge in [-0.1, -0.05) is 12.1 Å². The molecule has 5 heteroatoms. The Bertz CT molecular complexity index is 573. The second-order valence-corrected chi connectivity index (χ2v) is 7.27. The Balaban J connectivity index is 1.79. The van der Waals surface area contributed by atoms with Gasteiger partial charge in [0, 0.05) is 43.8 Å². The van der Waals surface area contributed by atoms with E-state index in [4.69, 9.17) is 0 Å². The van der Waals surface area contributed by atoms with Crippen LogP contribution in [0.2, 0.25) is 0 Å². The van der Waals surface area contributed by atoms with Crippen LogP contribution in [-0.4, -0.2) is 48.4 Å². The van der Waals surface area contributed by atoms with Crippen LogP contribution in [0.15, 0.2) is 24.3 Å². The summed E-state index contributed by atoms with van der Waals surface area (Å²) in [6.07, 6.45) is 1.93. The number of nitrogens with one attached hydrogen (secondary N) is 1. The molecule has 1 aliphatic rings. The third-order valence-corrected chi connectivity index (χ3v) is 4.70. The van der Waals surface area contributed by atoms with Gasteiger partial charge in [0.05, 0.1) is 6.42 Å². The van der Waals surface area contributed by atoms with Gasteiger partial charge in [0.15, 0.2) is 0 Å². The summed E-state index contributed by atoms with van der Waals surface area (Å²) in [6, 6.07) is 8.69. The fourth-order valence-corrected chi connectivity index (χ4v) is 3.40. The minimum absolute atomic E-state index is 0.0393. The summed E-state index contributed by atoms with van der Waals surface area (Å²) >= 11 is 0. The summed E-state index contributed by atoms with van der Waals surface area (Å²) in [6.45, 7) is 11.0. The number of benzene rings is 1. The molecule has 1 aliphatic heterocycles. The molecule has 1 aromatic carbocycles. The van der Waals surface area contributed by atoms with E-state index in [0.717, 1.165) is 30.8 Å². The van der Waals surface area contributed by atoms with Crippen molar-refractivity contribution in [1.82, 2.24) is 10.2 Å². The number of rotatable bonds is 8. The average Bonchev–Trinajstić information content (AvgIpc) is 2.97. The molecule has 1 saturated heterocycles. The summed E-state index contributed by atoms with van der Waals surface area (Å²) in [4.78, 5) is 28.1. The maximum Gasteiger partial charge on any atom is 0.227 e. The van der Waals surface area contributed by atoms with Crippen LogP contribution in [0, 0.1) is 0 Å². The van der Waals surface area contributed by atoms with Crippen molar-refractivity contribution in [3.8, 4) is 0 Å². The molecular formula is C20H31N3O2. The van der Waals surface area contributed by atoms with Gasteiger partial charge in [0.25, 0.3) is 0 Å². The molecule has 138 valence electrons. The number of hydrogen-bond acceptors (Lipinski definition) is 3. The van der Waals surface area contributed by atoms with Crippen LogP contribution >= 0.6 is 0 Å². The van der Waals surface area contributed by atoms with E-state index in [-0.39, 0.29) is 11.8 Å². The molecule has 0 radical (unpaired) electrons. The van der Waals surface area contributed by atoms with Gasteiger partial charge in [0.2, 0.25) is 11.8 Å². The van der Waals surface area contributed by atoms with E-state index in [1.807, 2.05) is 29.2 Å². The molecule has 0 saturated carbocycles. The van der Waals surface area contributed by atoms with E-state index in [1.165, 1.54) is 0 Å². The lowest BCUT2D eigenvalue weighted by atomic mass is 10.1. The highest BCUT2D eigenvalue weighted by molar-refractivity contribution is 5.95. The maximum atomic E-state index is 12.1. The molecule has 0 bridgehead atoms. The van der Waals surface area contributed by atoms with Gasteiger partial charge in [-0.15, -0.1) is 0 Å². The number of anilines is 1. The quantitative estimate of drug-likeness (QED) is 0.788. The zero-order chi connectivity index (χ0) is 18.4. The highest BCUT2D eigenvalue weighted by Gasteiger charge is 2.21. The fourth-order valence-electron chi connectivity index (χ4n) is 3.40. The predicted octanol–water partition coefficient (Wildman–Crippen LogP) is 2.59. The molecule has 1 aromatic rings. The molecule has 25 heavy (non-hydrogen) atoms. The first-order chi connectivity index (χ1) is 11.9. The van der Waals surface area contributed by atoms with Crippen molar-refractivity contribution in [2.24, 2.45) is 0 Å². The van der Waals surface area contributed by atoms with Crippen molar-refractivity contribution in [3.63, 3.8) is 0 Å². The number of nitrogens with zero attached hydrogens (tertiary/aromatic N) is 2. The minimum Gasteiger partial charge on any atom is -0.355 e. The zero-order valence-corrected chi connectivity index (χ0v) is 15.9. The van der Waals surface area contributed by atoms with Gasteiger partial charge in [-0.3, -0.25) is 14.5 Å². The lowest BCUT2D eigenvalue weighted by molar-refractivity contribution is -0.120. The molecule has 1 heterocycles. The molecule has 0 atom stereocenters. The Labute approximate surface area is 151 Å². The van der Waals surface area contributed by atoms with Crippen LogP contribution in [0.25, 0.3) is 0 Å². The summed E-state index contributed by atoms with van der Waals surface area (Å²) < 4.78 is 0. The Hall–Kier alpha value is -1.88. The minimum atomic E-state index is 0.0393. The normalized spacial score (nSPS) is 14.8. The topological polar surface area (TPSA) is 52.7 Å². The van der Waals surface area contributed by atoms with Crippen molar-refractivity contribution in [2.75, 3.05) is 24.5 Å². The molecule has 2 rings (SSSR count). The third-order valence-electron chi connectivity index (χ3n) is 4.70. The molecule has 2 amide bonds. The summed E-state index contributed by atoms with van der Waals surface area (Å²) in [5.74, 6) is 0.225. The number of carbonyl (C=O) groups excluding carboxylic acids is 2. The van der Waals surface area contributed by atoms with E-state index in [9.17, 15) is 9.59 Å². The zero-order valence-electron chi connectivity index (χ0n) is 15.9. The van der Waals surface area contributed by atoms with Crippen molar-refractivity contribution >= 4 is 17.5 Å². The first kappa shape index (κ1) is 19.4. The number of carbonyl (C=O) groups is 2. The molecule has 1 N–H and O–H groups in total. The second kappa shape index (κ2) is 8.99. The Morgan fingerprint density at radius 2 is 1.80 bits per heavy atom. The molecule has 0 spiro atoms. The third kappa shape index (κ3) is 5.56. The van der Waals surface area contributed by atoms with Crippen molar-refractivity contribution in [3.05, 3.63) is 29.8 Å². The smallest absolute Gasteiger partial charge is 0.227 e. The molecule has 0 aromatic heterocycles. The first-order valence-corrected chi connectivity index (χ1v) is 9.30. The molecule has 1 fully saturated rings. The molecule has 5 nitrogen and oxygen atoms in total. The Kier molecular flexibility index (Phi) is 7.00. The highest BCUT2D eigenvalue weighted by Crippen LogP contribution is 2.21. The van der Waals surface area contributed by atoms with Gasteiger partial charge in [-0.05, 0) is 51.8 Å². The van der Waals surface area contributed by atoms with Crippen molar-refractivity contribution < 1.29 is 9.59 Å². The standard InChI is InChI=1S/C20H31N3O2/c1-15(2)22(16(3)4)13-11-21-19(24)14-17-7-9-18(10-8-17)23-12-5-6-20(23)25/h7-10,15-16H,5-6,11-14H2,1-4H3,(H,21,24). The van der Waals surface area contributed by atoms with E-state index in [0.29, 0.717) is 31.5 Å². The first-order valence-electron chi connectivity index (χ1n) is 9.30. The maximum absolute atomic E-state index is 12.1.